The summed E-state index contributed by atoms with van der Waals surface area (Å²) in [6, 6.07) is 11.8. The second-order valence-electron chi connectivity index (χ2n) is 8.46. The second-order valence-corrected chi connectivity index (χ2v) is 8.46. The Bertz CT molecular complexity index is 1510. The van der Waals surface area contributed by atoms with Crippen molar-refractivity contribution in [2.75, 3.05) is 17.6 Å². The quantitative estimate of drug-likeness (QED) is 0.343. The molecule has 0 radical (unpaired) electrons. The third-order valence-electron chi connectivity index (χ3n) is 6.14. The summed E-state index contributed by atoms with van der Waals surface area (Å²) in [5.74, 6) is -0.548. The molecule has 3 aromatic heterocycles. The zero-order chi connectivity index (χ0) is 25.9. The lowest BCUT2D eigenvalue weighted by molar-refractivity contribution is -0.132. The van der Waals surface area contributed by atoms with Crippen LogP contribution in [0.1, 0.15) is 35.1 Å². The van der Waals surface area contributed by atoms with Crippen LogP contribution in [0.15, 0.2) is 73.2 Å². The van der Waals surface area contributed by atoms with Crippen LogP contribution in [0.25, 0.3) is 16.8 Å². The molecular formula is C26H23N7O4. The smallest absolute Gasteiger partial charge is 0.328 e. The van der Waals surface area contributed by atoms with Gasteiger partial charge in [-0.1, -0.05) is 18.2 Å². The number of nitrogens with one attached hydrogen (secondary N) is 1. The zero-order valence-electron chi connectivity index (χ0n) is 19.6. The van der Waals surface area contributed by atoms with E-state index < -0.39 is 11.9 Å². The number of hydrogen-bond acceptors (Lipinski definition) is 7. The van der Waals surface area contributed by atoms with Crippen LogP contribution in [0.2, 0.25) is 0 Å². The number of carboxylic acids is 1. The molecule has 4 aromatic rings. The largest absolute Gasteiger partial charge is 0.478 e. The highest BCUT2D eigenvalue weighted by atomic mass is 16.4. The molecule has 4 N–H and O–H groups in total. The number of pyridine rings is 1. The number of imidazole rings is 1. The van der Waals surface area contributed by atoms with E-state index in [1.54, 1.807) is 66.0 Å². The Morgan fingerprint density at radius 2 is 1.86 bits per heavy atom. The minimum absolute atomic E-state index is 0.273. The average molecular weight is 498 g/mol. The average Bonchev–Trinajstić information content (AvgIpc) is 3.54. The molecule has 0 aliphatic carbocycles. The van der Waals surface area contributed by atoms with Gasteiger partial charge >= 0.3 is 5.97 Å². The number of nitrogen functional groups attached to an aromatic ring is 1. The van der Waals surface area contributed by atoms with E-state index in [0.29, 0.717) is 41.4 Å². The van der Waals surface area contributed by atoms with Crippen LogP contribution in [0.4, 0.5) is 11.6 Å². The van der Waals surface area contributed by atoms with Crippen molar-refractivity contribution in [2.24, 2.45) is 0 Å². The maximum Gasteiger partial charge on any atom is 0.328 e. The molecule has 1 aliphatic heterocycles. The second kappa shape index (κ2) is 9.90. The summed E-state index contributed by atoms with van der Waals surface area (Å²) in [4.78, 5) is 51.0. The molecule has 0 bridgehead atoms. The summed E-state index contributed by atoms with van der Waals surface area (Å²) in [7, 11) is 0. The van der Waals surface area contributed by atoms with Gasteiger partial charge in [0, 0.05) is 48.4 Å². The van der Waals surface area contributed by atoms with Crippen LogP contribution in [-0.4, -0.2) is 53.7 Å². The molecule has 186 valence electrons. The van der Waals surface area contributed by atoms with E-state index in [9.17, 15) is 14.4 Å². The van der Waals surface area contributed by atoms with Crippen molar-refractivity contribution in [2.45, 2.75) is 18.9 Å². The van der Waals surface area contributed by atoms with Gasteiger partial charge in [0.15, 0.2) is 0 Å². The Balaban J connectivity index is 1.48. The Labute approximate surface area is 211 Å². The van der Waals surface area contributed by atoms with E-state index in [1.807, 2.05) is 4.40 Å². The predicted molar refractivity (Wildman–Crippen MR) is 135 cm³/mol. The molecule has 37 heavy (non-hydrogen) atoms. The summed E-state index contributed by atoms with van der Waals surface area (Å²) in [5.41, 5.74) is 8.57. The summed E-state index contributed by atoms with van der Waals surface area (Å²) in [6.07, 6.45) is 8.21. The van der Waals surface area contributed by atoms with Crippen LogP contribution in [0.5, 0.6) is 0 Å². The van der Waals surface area contributed by atoms with E-state index in [1.165, 1.54) is 0 Å². The number of rotatable bonds is 6. The first-order chi connectivity index (χ1) is 17.9. The van der Waals surface area contributed by atoms with Gasteiger partial charge in [-0.15, -0.1) is 0 Å². The maximum atomic E-state index is 12.7. The number of carboxylic acid groups (broad SMARTS) is 1. The SMILES string of the molecule is Nc1nccn2c([C@@H]3CCCN3C(=O)/C=C\C(=O)O)nc(-c3ccc(C(=O)Nc4ccccn4)cc3)c12. The summed E-state index contributed by atoms with van der Waals surface area (Å²) in [5, 5.41) is 11.6. The summed E-state index contributed by atoms with van der Waals surface area (Å²) < 4.78 is 1.82. The maximum absolute atomic E-state index is 12.7. The Hall–Kier alpha value is -5.06. The molecule has 5 rings (SSSR count). The first-order valence-corrected chi connectivity index (χ1v) is 11.6. The molecule has 4 heterocycles. The summed E-state index contributed by atoms with van der Waals surface area (Å²) >= 11 is 0. The van der Waals surface area contributed by atoms with Gasteiger partial charge in [0.1, 0.15) is 28.7 Å². The lowest BCUT2D eigenvalue weighted by atomic mass is 10.1. The van der Waals surface area contributed by atoms with Gasteiger partial charge in [0.2, 0.25) is 5.91 Å². The van der Waals surface area contributed by atoms with Crippen molar-refractivity contribution in [3.05, 3.63) is 84.6 Å². The molecule has 0 unspecified atom stereocenters. The van der Waals surface area contributed by atoms with Gasteiger partial charge in [0.05, 0.1) is 6.04 Å². The molecule has 1 saturated heterocycles. The number of fused-ring (bicyclic) bond motifs is 1. The van der Waals surface area contributed by atoms with E-state index in [4.69, 9.17) is 15.8 Å². The summed E-state index contributed by atoms with van der Waals surface area (Å²) in [6.45, 7) is 0.484. The van der Waals surface area contributed by atoms with Crippen molar-refractivity contribution in [1.29, 1.82) is 0 Å². The number of anilines is 2. The topological polar surface area (TPSA) is 156 Å². The fourth-order valence-electron chi connectivity index (χ4n) is 4.47. The Morgan fingerprint density at radius 1 is 1.05 bits per heavy atom. The minimum atomic E-state index is -1.19. The third-order valence-corrected chi connectivity index (χ3v) is 6.14. The van der Waals surface area contributed by atoms with Gasteiger partial charge in [0.25, 0.3) is 5.91 Å². The number of nitrogens with zero attached hydrogens (tertiary/aromatic N) is 5. The van der Waals surface area contributed by atoms with Crippen LogP contribution in [0.3, 0.4) is 0 Å². The highest BCUT2D eigenvalue weighted by Gasteiger charge is 2.33. The minimum Gasteiger partial charge on any atom is -0.478 e. The molecule has 0 spiro atoms. The van der Waals surface area contributed by atoms with E-state index >= 15 is 0 Å². The fraction of sp³-hybridized carbons (Fsp3) is 0.154. The standard InChI is InChI=1S/C26H23N7O4/c27-24-23-22(16-6-8-17(9-7-16)26(37)30-19-5-1-2-12-28-19)31-25(33(23)15-13-29-24)18-4-3-14-32(18)20(34)10-11-21(35)36/h1-2,5-13,15,18H,3-4,14H2,(H2,27,29)(H,35,36)(H,28,30,37)/b11-10-/t18-/m0/s1. The van der Waals surface area contributed by atoms with Crippen molar-refractivity contribution in [3.8, 4) is 11.3 Å². The number of benzene rings is 1. The van der Waals surface area contributed by atoms with Gasteiger partial charge < -0.3 is 21.1 Å². The Kier molecular flexibility index (Phi) is 6.33. The third kappa shape index (κ3) is 4.74. The highest BCUT2D eigenvalue weighted by molar-refractivity contribution is 6.04. The molecule has 1 fully saturated rings. The van der Waals surface area contributed by atoms with Crippen molar-refractivity contribution in [1.82, 2.24) is 24.3 Å². The van der Waals surface area contributed by atoms with Crippen LogP contribution >= 0.6 is 0 Å². The number of carbonyl (C=O) groups excluding carboxylic acids is 2. The molecular weight excluding hydrogens is 474 g/mol. The monoisotopic (exact) mass is 497 g/mol. The molecule has 1 aromatic carbocycles. The van der Waals surface area contributed by atoms with Crippen molar-refractivity contribution >= 4 is 34.9 Å². The van der Waals surface area contributed by atoms with Gasteiger partial charge in [-0.05, 0) is 37.1 Å². The molecule has 11 heteroatoms. The lowest BCUT2D eigenvalue weighted by Crippen LogP contribution is -2.30. The number of aliphatic carboxylic acids is 1. The van der Waals surface area contributed by atoms with Crippen molar-refractivity contribution < 1.29 is 19.5 Å². The number of aromatic nitrogens is 4. The molecule has 1 atom stereocenters. The number of likely N-dealkylation sites (tertiary alicyclic amines) is 1. The first kappa shape index (κ1) is 23.7. The Morgan fingerprint density at radius 3 is 2.59 bits per heavy atom. The van der Waals surface area contributed by atoms with E-state index in [2.05, 4.69) is 15.3 Å². The van der Waals surface area contributed by atoms with Crippen LogP contribution in [0, 0.1) is 0 Å². The molecule has 1 aliphatic rings. The van der Waals surface area contributed by atoms with Gasteiger partial charge in [-0.2, -0.15) is 0 Å². The number of amides is 2. The number of nitrogens with two attached hydrogens (primary N) is 1. The molecule has 0 saturated carbocycles. The van der Waals surface area contributed by atoms with E-state index in [0.717, 1.165) is 24.1 Å². The first-order valence-electron chi connectivity index (χ1n) is 11.6. The number of hydrogen-bond donors (Lipinski definition) is 3. The predicted octanol–water partition coefficient (Wildman–Crippen LogP) is 2.93. The highest BCUT2D eigenvalue weighted by Crippen LogP contribution is 2.36. The van der Waals surface area contributed by atoms with Crippen LogP contribution < -0.4 is 11.1 Å². The lowest BCUT2D eigenvalue weighted by Gasteiger charge is -2.22. The normalized spacial score (nSPS) is 15.4. The van der Waals surface area contributed by atoms with Gasteiger partial charge in [-0.3, -0.25) is 14.0 Å². The van der Waals surface area contributed by atoms with E-state index in [-0.39, 0.29) is 17.8 Å². The molecule has 11 nitrogen and oxygen atoms in total. The fourth-order valence-corrected chi connectivity index (χ4v) is 4.47. The zero-order valence-corrected chi connectivity index (χ0v) is 19.6. The molecule has 2 amide bonds. The number of carbonyl (C=O) groups is 3. The van der Waals surface area contributed by atoms with Crippen LogP contribution in [-0.2, 0) is 9.59 Å². The van der Waals surface area contributed by atoms with Crippen molar-refractivity contribution in [3.63, 3.8) is 0 Å². The van der Waals surface area contributed by atoms with Gasteiger partial charge in [-0.25, -0.2) is 19.7 Å².